The van der Waals surface area contributed by atoms with Crippen molar-refractivity contribution in [3.8, 4) is 0 Å². The van der Waals surface area contributed by atoms with Gasteiger partial charge in [0.15, 0.2) is 0 Å². The quantitative estimate of drug-likeness (QED) is 0.753. The lowest BCUT2D eigenvalue weighted by molar-refractivity contribution is 0.417. The van der Waals surface area contributed by atoms with Crippen LogP contribution in [-0.4, -0.2) is 13.6 Å². The molecule has 90 valence electrons. The average molecular weight is 288 g/mol. The van der Waals surface area contributed by atoms with Crippen LogP contribution in [0.25, 0.3) is 0 Å². The predicted octanol–water partition coefficient (Wildman–Crippen LogP) is 4.20. The van der Waals surface area contributed by atoms with Crippen molar-refractivity contribution in [2.24, 2.45) is 5.41 Å². The molecule has 0 N–H and O–H groups in total. The first-order valence-electron chi connectivity index (χ1n) is 5.39. The molecule has 0 aliphatic carbocycles. The highest BCUT2D eigenvalue weighted by molar-refractivity contribution is 9.08. The summed E-state index contributed by atoms with van der Waals surface area (Å²) < 4.78 is 13.8. The lowest BCUT2D eigenvalue weighted by Crippen LogP contribution is -2.29. The van der Waals surface area contributed by atoms with Crippen LogP contribution in [-0.2, 0) is 5.33 Å². The van der Waals surface area contributed by atoms with Gasteiger partial charge >= 0.3 is 0 Å². The minimum Gasteiger partial charge on any atom is -0.372 e. The van der Waals surface area contributed by atoms with Gasteiger partial charge in [0.1, 0.15) is 5.82 Å². The second-order valence-corrected chi connectivity index (χ2v) is 5.90. The zero-order valence-corrected chi connectivity index (χ0v) is 11.9. The first-order valence-corrected chi connectivity index (χ1v) is 6.51. The molecule has 0 aliphatic heterocycles. The van der Waals surface area contributed by atoms with E-state index >= 15 is 0 Å². The molecule has 0 atom stereocenters. The number of anilines is 1. The van der Waals surface area contributed by atoms with E-state index in [9.17, 15) is 4.39 Å². The summed E-state index contributed by atoms with van der Waals surface area (Å²) in [6.45, 7) is 7.27. The maximum atomic E-state index is 13.8. The van der Waals surface area contributed by atoms with E-state index in [1.165, 1.54) is 0 Å². The van der Waals surface area contributed by atoms with Gasteiger partial charge in [-0.25, -0.2) is 4.39 Å². The maximum Gasteiger partial charge on any atom is 0.146 e. The van der Waals surface area contributed by atoms with E-state index < -0.39 is 0 Å². The molecule has 0 saturated heterocycles. The van der Waals surface area contributed by atoms with E-state index in [0.717, 1.165) is 12.1 Å². The molecule has 1 aromatic rings. The lowest BCUT2D eigenvalue weighted by atomic mass is 9.96. The van der Waals surface area contributed by atoms with Crippen molar-refractivity contribution < 1.29 is 4.39 Å². The molecule has 0 bridgehead atoms. The second kappa shape index (κ2) is 5.17. The van der Waals surface area contributed by atoms with Crippen LogP contribution in [0.5, 0.6) is 0 Å². The second-order valence-electron chi connectivity index (χ2n) is 5.34. The van der Waals surface area contributed by atoms with E-state index in [1.54, 1.807) is 6.07 Å². The molecule has 0 spiro atoms. The zero-order valence-electron chi connectivity index (χ0n) is 10.3. The number of halogens is 2. The Morgan fingerprint density at radius 2 is 1.94 bits per heavy atom. The molecule has 0 heterocycles. The number of nitrogens with zero attached hydrogens (tertiary/aromatic N) is 1. The van der Waals surface area contributed by atoms with Crippen LogP contribution in [0.2, 0.25) is 0 Å². The fourth-order valence-electron chi connectivity index (χ4n) is 1.74. The molecule has 0 aliphatic rings. The van der Waals surface area contributed by atoms with E-state index in [2.05, 4.69) is 36.7 Å². The Morgan fingerprint density at radius 1 is 1.31 bits per heavy atom. The summed E-state index contributed by atoms with van der Waals surface area (Å²) in [6, 6.07) is 5.38. The average Bonchev–Trinajstić information content (AvgIpc) is 2.14. The first-order chi connectivity index (χ1) is 7.33. The molecule has 1 rings (SSSR count). The van der Waals surface area contributed by atoms with Crippen molar-refractivity contribution in [2.45, 2.75) is 26.1 Å². The third kappa shape index (κ3) is 3.78. The van der Waals surface area contributed by atoms with Crippen LogP contribution in [0.15, 0.2) is 18.2 Å². The third-order valence-corrected chi connectivity index (χ3v) is 2.94. The van der Waals surface area contributed by atoms with Gasteiger partial charge in [-0.05, 0) is 23.1 Å². The van der Waals surface area contributed by atoms with Gasteiger partial charge in [-0.3, -0.25) is 0 Å². The highest BCUT2D eigenvalue weighted by Gasteiger charge is 2.16. The summed E-state index contributed by atoms with van der Waals surface area (Å²) >= 11 is 3.32. The minimum atomic E-state index is -0.149. The van der Waals surface area contributed by atoms with Gasteiger partial charge in [0.2, 0.25) is 0 Å². The molecule has 0 saturated carbocycles. The SMILES string of the molecule is CN(CC(C)(C)C)c1ccc(CBr)cc1F. The van der Waals surface area contributed by atoms with Crippen LogP contribution in [0.3, 0.4) is 0 Å². The van der Waals surface area contributed by atoms with Crippen molar-refractivity contribution in [1.82, 2.24) is 0 Å². The topological polar surface area (TPSA) is 3.24 Å². The Morgan fingerprint density at radius 3 is 2.38 bits per heavy atom. The first kappa shape index (κ1) is 13.5. The standard InChI is InChI=1S/C13H19BrFN/c1-13(2,3)9-16(4)12-6-5-10(8-14)7-11(12)15/h5-7H,8-9H2,1-4H3. The molecular formula is C13H19BrFN. The van der Waals surface area contributed by atoms with Crippen molar-refractivity contribution in [3.05, 3.63) is 29.6 Å². The van der Waals surface area contributed by atoms with Crippen molar-refractivity contribution in [2.75, 3.05) is 18.5 Å². The molecule has 0 fully saturated rings. The van der Waals surface area contributed by atoms with Crippen LogP contribution in [0.4, 0.5) is 10.1 Å². The molecule has 0 radical (unpaired) electrons. The molecule has 1 nitrogen and oxygen atoms in total. The molecule has 3 heteroatoms. The van der Waals surface area contributed by atoms with Crippen LogP contribution >= 0.6 is 15.9 Å². The minimum absolute atomic E-state index is 0.149. The van der Waals surface area contributed by atoms with Crippen molar-refractivity contribution in [1.29, 1.82) is 0 Å². The van der Waals surface area contributed by atoms with Gasteiger partial charge in [-0.2, -0.15) is 0 Å². The van der Waals surface area contributed by atoms with Crippen LogP contribution in [0, 0.1) is 11.2 Å². The number of hydrogen-bond acceptors (Lipinski definition) is 1. The fourth-order valence-corrected chi connectivity index (χ4v) is 2.09. The largest absolute Gasteiger partial charge is 0.372 e. The predicted molar refractivity (Wildman–Crippen MR) is 71.8 cm³/mol. The lowest BCUT2D eigenvalue weighted by Gasteiger charge is -2.28. The Kier molecular flexibility index (Phi) is 4.36. The smallest absolute Gasteiger partial charge is 0.146 e. The number of alkyl halides is 1. The molecule has 1 aromatic carbocycles. The summed E-state index contributed by atoms with van der Waals surface area (Å²) in [5.41, 5.74) is 1.79. The Balaban J connectivity index is 2.88. The summed E-state index contributed by atoms with van der Waals surface area (Å²) in [5, 5.41) is 0.688. The summed E-state index contributed by atoms with van der Waals surface area (Å²) in [4.78, 5) is 1.97. The van der Waals surface area contributed by atoms with Gasteiger partial charge in [0.05, 0.1) is 5.69 Å². The summed E-state index contributed by atoms with van der Waals surface area (Å²) in [6.07, 6.45) is 0. The molecule has 0 amide bonds. The van der Waals surface area contributed by atoms with Crippen molar-refractivity contribution >= 4 is 21.6 Å². The maximum absolute atomic E-state index is 13.8. The Bertz CT molecular complexity index is 357. The summed E-state index contributed by atoms with van der Waals surface area (Å²) in [5.74, 6) is -0.149. The number of benzene rings is 1. The molecule has 0 aromatic heterocycles. The third-order valence-electron chi connectivity index (χ3n) is 2.29. The zero-order chi connectivity index (χ0) is 12.3. The van der Waals surface area contributed by atoms with Crippen LogP contribution in [0.1, 0.15) is 26.3 Å². The highest BCUT2D eigenvalue weighted by atomic mass is 79.9. The van der Waals surface area contributed by atoms with Gasteiger partial charge in [-0.1, -0.05) is 42.8 Å². The van der Waals surface area contributed by atoms with Crippen LogP contribution < -0.4 is 4.90 Å². The monoisotopic (exact) mass is 287 g/mol. The number of hydrogen-bond donors (Lipinski definition) is 0. The molecule has 16 heavy (non-hydrogen) atoms. The van der Waals surface area contributed by atoms with Gasteiger partial charge in [0, 0.05) is 18.9 Å². The van der Waals surface area contributed by atoms with Gasteiger partial charge in [0.25, 0.3) is 0 Å². The van der Waals surface area contributed by atoms with E-state index in [1.807, 2.05) is 24.1 Å². The molecular weight excluding hydrogens is 269 g/mol. The Hall–Kier alpha value is -0.570. The number of rotatable bonds is 3. The van der Waals surface area contributed by atoms with E-state index in [4.69, 9.17) is 0 Å². The highest BCUT2D eigenvalue weighted by Crippen LogP contribution is 2.24. The van der Waals surface area contributed by atoms with Crippen molar-refractivity contribution in [3.63, 3.8) is 0 Å². The Labute approximate surface area is 106 Å². The van der Waals surface area contributed by atoms with E-state index in [-0.39, 0.29) is 11.2 Å². The fraction of sp³-hybridized carbons (Fsp3) is 0.538. The molecule has 0 unspecified atom stereocenters. The summed E-state index contributed by atoms with van der Waals surface area (Å²) in [7, 11) is 1.93. The van der Waals surface area contributed by atoms with Gasteiger partial charge in [-0.15, -0.1) is 0 Å². The van der Waals surface area contributed by atoms with E-state index in [0.29, 0.717) is 11.0 Å². The normalized spacial score (nSPS) is 11.6. The van der Waals surface area contributed by atoms with Gasteiger partial charge < -0.3 is 4.90 Å².